The van der Waals surface area contributed by atoms with Crippen molar-refractivity contribution in [3.05, 3.63) is 29.1 Å². The van der Waals surface area contributed by atoms with Crippen LogP contribution in [-0.2, 0) is 28.9 Å². The number of Topliss-reactive ketones (excluding diaryl/α,β-unsaturated/α-hetero) is 1. The summed E-state index contributed by atoms with van der Waals surface area (Å²) < 4.78 is 12.1. The Bertz CT molecular complexity index is 819. The van der Waals surface area contributed by atoms with Gasteiger partial charge in [0, 0.05) is 12.5 Å². The normalized spacial score (nSPS) is 10.7. The van der Waals surface area contributed by atoms with Crippen LogP contribution in [0.4, 0.5) is 0 Å². The fourth-order valence-corrected chi connectivity index (χ4v) is 2.73. The van der Waals surface area contributed by atoms with Gasteiger partial charge in [-0.2, -0.15) is 0 Å². The lowest BCUT2D eigenvalue weighted by atomic mass is 10.0. The van der Waals surface area contributed by atoms with Gasteiger partial charge >= 0.3 is 5.97 Å². The summed E-state index contributed by atoms with van der Waals surface area (Å²) in [7, 11) is 0. The molecule has 0 unspecified atom stereocenters. The highest BCUT2D eigenvalue weighted by Crippen LogP contribution is 2.29. The first kappa shape index (κ1) is 21.3. The summed E-state index contributed by atoms with van der Waals surface area (Å²) >= 11 is 0. The molecule has 2 rings (SSSR count). The molecule has 0 aliphatic heterocycles. The van der Waals surface area contributed by atoms with Crippen molar-refractivity contribution in [2.75, 3.05) is 13.2 Å². The van der Waals surface area contributed by atoms with Gasteiger partial charge < -0.3 is 14.6 Å². The molecule has 0 aliphatic carbocycles. The van der Waals surface area contributed by atoms with Gasteiger partial charge in [0.15, 0.2) is 11.6 Å². The Morgan fingerprint density at radius 2 is 2.00 bits per heavy atom. The smallest absolute Gasteiger partial charge is 0.327 e. The summed E-state index contributed by atoms with van der Waals surface area (Å²) in [6, 6.07) is 3.17. The molecule has 152 valence electrons. The van der Waals surface area contributed by atoms with Gasteiger partial charge in [0.2, 0.25) is 0 Å². The Morgan fingerprint density at radius 1 is 1.21 bits per heavy atom. The standard InChI is InChI=1S/C19H26N4O5/c1-4-14-10-15(13(3)24)16(25)11-17(14)28-9-7-6-8-18-20-21-22-23(18)12-19(26)27-5-2/h10-11,25H,4-9,12H2,1-3H3. The quantitative estimate of drug-likeness (QED) is 0.352. The number of hydrogen-bond acceptors (Lipinski definition) is 8. The molecule has 1 N–H and O–H groups in total. The van der Waals surface area contributed by atoms with E-state index >= 15 is 0 Å². The van der Waals surface area contributed by atoms with Crippen LogP contribution in [0.25, 0.3) is 0 Å². The molecule has 0 bridgehead atoms. The number of aromatic hydroxyl groups is 1. The molecule has 0 fully saturated rings. The molecule has 9 nitrogen and oxygen atoms in total. The number of ether oxygens (including phenoxy) is 2. The number of rotatable bonds is 11. The average Bonchev–Trinajstić information content (AvgIpc) is 3.08. The number of ketones is 1. The lowest BCUT2D eigenvalue weighted by molar-refractivity contribution is -0.144. The van der Waals surface area contributed by atoms with Gasteiger partial charge in [0.05, 0.1) is 18.8 Å². The first-order valence-electron chi connectivity index (χ1n) is 9.36. The minimum Gasteiger partial charge on any atom is -0.507 e. The van der Waals surface area contributed by atoms with Crippen molar-refractivity contribution in [1.82, 2.24) is 20.2 Å². The maximum Gasteiger partial charge on any atom is 0.327 e. The average molecular weight is 390 g/mol. The van der Waals surface area contributed by atoms with E-state index in [0.717, 1.165) is 18.4 Å². The third-order valence-corrected chi connectivity index (χ3v) is 4.18. The third-order valence-electron chi connectivity index (χ3n) is 4.18. The number of aromatic nitrogens is 4. The van der Waals surface area contributed by atoms with Crippen molar-refractivity contribution in [3.8, 4) is 11.5 Å². The van der Waals surface area contributed by atoms with Gasteiger partial charge in [0.25, 0.3) is 0 Å². The number of benzene rings is 1. The molecule has 0 atom stereocenters. The predicted molar refractivity (Wildman–Crippen MR) is 100 cm³/mol. The molecule has 0 aliphatic rings. The monoisotopic (exact) mass is 390 g/mol. The lowest BCUT2D eigenvalue weighted by Crippen LogP contribution is -2.17. The summed E-state index contributed by atoms with van der Waals surface area (Å²) in [5.74, 6) is 0.570. The van der Waals surface area contributed by atoms with Crippen LogP contribution in [0.3, 0.4) is 0 Å². The summed E-state index contributed by atoms with van der Waals surface area (Å²) in [5.41, 5.74) is 1.18. The largest absolute Gasteiger partial charge is 0.507 e. The number of hydrogen-bond donors (Lipinski definition) is 1. The fourth-order valence-electron chi connectivity index (χ4n) is 2.73. The molecule has 1 aromatic heterocycles. The molecule has 0 saturated heterocycles. The number of carbonyl (C=O) groups is 2. The SMILES string of the molecule is CCOC(=O)Cn1nnnc1CCCCOc1cc(O)c(C(C)=O)cc1CC. The maximum absolute atomic E-state index is 11.5. The van der Waals surface area contributed by atoms with Crippen LogP contribution in [0.2, 0.25) is 0 Å². The number of aryl methyl sites for hydroxylation is 2. The molecule has 9 heteroatoms. The number of nitrogens with zero attached hydrogens (tertiary/aromatic N) is 4. The number of phenolic OH excluding ortho intramolecular Hbond substituents is 1. The van der Waals surface area contributed by atoms with E-state index in [4.69, 9.17) is 9.47 Å². The highest BCUT2D eigenvalue weighted by atomic mass is 16.5. The maximum atomic E-state index is 11.5. The Labute approximate surface area is 163 Å². The van der Waals surface area contributed by atoms with Crippen LogP contribution < -0.4 is 4.74 Å². The third kappa shape index (κ3) is 5.77. The van der Waals surface area contributed by atoms with Crippen molar-refractivity contribution in [2.45, 2.75) is 53.0 Å². The molecule has 0 amide bonds. The molecular formula is C19H26N4O5. The van der Waals surface area contributed by atoms with Gasteiger partial charge in [0.1, 0.15) is 18.0 Å². The van der Waals surface area contributed by atoms with E-state index in [0.29, 0.717) is 43.2 Å². The van der Waals surface area contributed by atoms with Crippen molar-refractivity contribution >= 4 is 11.8 Å². The molecule has 0 saturated carbocycles. The zero-order valence-electron chi connectivity index (χ0n) is 16.5. The van der Waals surface area contributed by atoms with E-state index in [1.807, 2.05) is 6.92 Å². The second-order valence-electron chi connectivity index (χ2n) is 6.25. The molecule has 1 heterocycles. The number of phenols is 1. The van der Waals surface area contributed by atoms with Crippen LogP contribution in [0.15, 0.2) is 12.1 Å². The van der Waals surface area contributed by atoms with Crippen LogP contribution >= 0.6 is 0 Å². The highest BCUT2D eigenvalue weighted by molar-refractivity contribution is 5.97. The van der Waals surface area contributed by atoms with E-state index in [1.54, 1.807) is 13.0 Å². The van der Waals surface area contributed by atoms with E-state index in [9.17, 15) is 14.7 Å². The van der Waals surface area contributed by atoms with Gasteiger partial charge in [-0.3, -0.25) is 9.59 Å². The molecule has 28 heavy (non-hydrogen) atoms. The van der Waals surface area contributed by atoms with Crippen molar-refractivity contribution in [2.24, 2.45) is 0 Å². The molecule has 0 spiro atoms. The van der Waals surface area contributed by atoms with Crippen molar-refractivity contribution in [3.63, 3.8) is 0 Å². The zero-order valence-corrected chi connectivity index (χ0v) is 16.5. The first-order valence-corrected chi connectivity index (χ1v) is 9.36. The van der Waals surface area contributed by atoms with E-state index in [2.05, 4.69) is 15.5 Å². The molecule has 2 aromatic rings. The Morgan fingerprint density at radius 3 is 2.68 bits per heavy atom. The van der Waals surface area contributed by atoms with E-state index in [-0.39, 0.29) is 24.0 Å². The highest BCUT2D eigenvalue weighted by Gasteiger charge is 2.13. The Balaban J connectivity index is 1.84. The number of esters is 1. The molecule has 1 aromatic carbocycles. The van der Waals surface area contributed by atoms with Gasteiger partial charge in [-0.15, -0.1) is 5.10 Å². The molecular weight excluding hydrogens is 364 g/mol. The predicted octanol–water partition coefficient (Wildman–Crippen LogP) is 2.11. The van der Waals surface area contributed by atoms with Gasteiger partial charge in [-0.1, -0.05) is 6.92 Å². The Hall–Kier alpha value is -2.97. The lowest BCUT2D eigenvalue weighted by Gasteiger charge is -2.13. The summed E-state index contributed by atoms with van der Waals surface area (Å²) in [6.45, 7) is 5.89. The zero-order chi connectivity index (χ0) is 20.5. The van der Waals surface area contributed by atoms with Crippen molar-refractivity contribution in [1.29, 1.82) is 0 Å². The molecule has 0 radical (unpaired) electrons. The number of carbonyl (C=O) groups excluding carboxylic acids is 2. The second kappa shape index (κ2) is 10.4. The van der Waals surface area contributed by atoms with E-state index in [1.165, 1.54) is 17.7 Å². The minimum absolute atomic E-state index is 0.00565. The summed E-state index contributed by atoms with van der Waals surface area (Å²) in [5, 5.41) is 21.3. The second-order valence-corrected chi connectivity index (χ2v) is 6.25. The minimum atomic E-state index is -0.375. The van der Waals surface area contributed by atoms with Crippen LogP contribution in [0, 0.1) is 0 Å². The van der Waals surface area contributed by atoms with Gasteiger partial charge in [-0.25, -0.2) is 4.68 Å². The summed E-state index contributed by atoms with van der Waals surface area (Å²) in [4.78, 5) is 23.1. The summed E-state index contributed by atoms with van der Waals surface area (Å²) in [6.07, 6.45) is 2.80. The topological polar surface area (TPSA) is 116 Å². The number of tetrazole rings is 1. The van der Waals surface area contributed by atoms with Crippen molar-refractivity contribution < 1.29 is 24.2 Å². The van der Waals surface area contributed by atoms with Crippen LogP contribution in [0.1, 0.15) is 55.4 Å². The number of unbranched alkanes of at least 4 members (excludes halogenated alkanes) is 1. The first-order chi connectivity index (χ1) is 13.5. The fraction of sp³-hybridized carbons (Fsp3) is 0.526. The van der Waals surface area contributed by atoms with Gasteiger partial charge in [-0.05, 0) is 55.2 Å². The van der Waals surface area contributed by atoms with E-state index < -0.39 is 0 Å². The Kier molecular flexibility index (Phi) is 7.91. The van der Waals surface area contributed by atoms with Crippen LogP contribution in [-0.4, -0.2) is 50.3 Å². The van der Waals surface area contributed by atoms with Crippen LogP contribution in [0.5, 0.6) is 11.5 Å².